The minimum atomic E-state index is -1.39. The summed E-state index contributed by atoms with van der Waals surface area (Å²) in [6.45, 7) is 1.16. The van der Waals surface area contributed by atoms with E-state index in [0.717, 1.165) is 6.92 Å². The number of carbonyl (C=O) groups excluding carboxylic acids is 1. The van der Waals surface area contributed by atoms with Gasteiger partial charge in [0.2, 0.25) is 0 Å². The van der Waals surface area contributed by atoms with E-state index in [9.17, 15) is 4.79 Å². The first kappa shape index (κ1) is 19.1. The maximum absolute atomic E-state index is 10.2. The predicted octanol–water partition coefficient (Wildman–Crippen LogP) is -5.18. The summed E-state index contributed by atoms with van der Waals surface area (Å²) in [5.41, 5.74) is -1.39. The smallest absolute Gasteiger partial charge is 0.550 e. The topological polar surface area (TPSA) is 118 Å². The summed E-state index contributed by atoms with van der Waals surface area (Å²) in [6, 6.07) is 0. The van der Waals surface area contributed by atoms with Gasteiger partial charge in [-0.25, -0.2) is 0 Å². The van der Waals surface area contributed by atoms with Gasteiger partial charge in [-0.3, -0.25) is 4.79 Å². The monoisotopic (exact) mass is 200 g/mol. The van der Waals surface area contributed by atoms with Gasteiger partial charge in [0, 0.05) is 5.97 Å². The molecule has 0 aliphatic carbocycles. The van der Waals surface area contributed by atoms with Crippen LogP contribution in [0, 0.1) is 5.41 Å². The van der Waals surface area contributed by atoms with Crippen LogP contribution < -0.4 is 24.0 Å². The number of aliphatic hydroxyl groups is 2. The molecule has 0 bridgehead atoms. The Balaban J connectivity index is -0.000000209. The largest absolute Gasteiger partial charge is 1.00 e. The van der Waals surface area contributed by atoms with Crippen LogP contribution in [0.25, 0.3) is 0 Å². The summed E-state index contributed by atoms with van der Waals surface area (Å²) in [4.78, 5) is 19.1. The standard InChI is InChI=1S/C5H10O4.C2H4O2.Li/c1-5(2-6,3-7)4(8)9;1-2(3)4;/h6-7H,2-3H2,1H3,(H,8,9);1H3,(H,3,4);/q;;+1/p-1. The molecule has 3 N–H and O–H groups in total. The zero-order valence-electron chi connectivity index (χ0n) is 8.48. The van der Waals surface area contributed by atoms with Gasteiger partial charge in [-0.05, 0) is 13.8 Å². The first-order chi connectivity index (χ1) is 5.80. The van der Waals surface area contributed by atoms with Crippen LogP contribution in [0.2, 0.25) is 0 Å². The van der Waals surface area contributed by atoms with Crippen molar-refractivity contribution in [2.75, 3.05) is 13.2 Å². The molecule has 0 aromatic heterocycles. The Bertz CT molecular complexity index is 173. The third-order valence-corrected chi connectivity index (χ3v) is 1.21. The van der Waals surface area contributed by atoms with Crippen LogP contribution >= 0.6 is 0 Å². The zero-order chi connectivity index (χ0) is 11.1. The summed E-state index contributed by atoms with van der Waals surface area (Å²) in [5, 5.41) is 34.0. The maximum atomic E-state index is 10.2. The zero-order valence-corrected chi connectivity index (χ0v) is 8.48. The van der Waals surface area contributed by atoms with Crippen molar-refractivity contribution < 1.29 is 48.9 Å². The van der Waals surface area contributed by atoms with E-state index in [1.165, 1.54) is 6.92 Å². The van der Waals surface area contributed by atoms with Crippen molar-refractivity contribution in [1.82, 2.24) is 0 Å². The van der Waals surface area contributed by atoms with Gasteiger partial charge in [-0.1, -0.05) is 0 Å². The molecule has 0 rings (SSSR count). The fourth-order valence-electron chi connectivity index (χ4n) is 0.185. The van der Waals surface area contributed by atoms with Crippen molar-refractivity contribution in [1.29, 1.82) is 0 Å². The van der Waals surface area contributed by atoms with Crippen molar-refractivity contribution in [3.05, 3.63) is 0 Å². The van der Waals surface area contributed by atoms with E-state index < -0.39 is 30.6 Å². The maximum Gasteiger partial charge on any atom is 1.00 e. The van der Waals surface area contributed by atoms with Crippen molar-refractivity contribution in [3.8, 4) is 0 Å². The summed E-state index contributed by atoms with van der Waals surface area (Å²) in [6.07, 6.45) is 0. The Kier molecular flexibility index (Phi) is 12.3. The molecule has 0 heterocycles. The Labute approximate surface area is 93.7 Å². The first-order valence-electron chi connectivity index (χ1n) is 3.43. The van der Waals surface area contributed by atoms with Crippen LogP contribution in [0.1, 0.15) is 13.8 Å². The van der Waals surface area contributed by atoms with E-state index in [0.29, 0.717) is 0 Å². The van der Waals surface area contributed by atoms with Gasteiger partial charge in [-0.2, -0.15) is 0 Å². The van der Waals surface area contributed by atoms with E-state index in [-0.39, 0.29) is 18.9 Å². The average Bonchev–Trinajstić information content (AvgIpc) is 2.01. The van der Waals surface area contributed by atoms with Crippen LogP contribution in [0.15, 0.2) is 0 Å². The van der Waals surface area contributed by atoms with E-state index in [2.05, 4.69) is 0 Å². The van der Waals surface area contributed by atoms with Crippen molar-refractivity contribution in [2.45, 2.75) is 13.8 Å². The normalized spacial score (nSPS) is 9.14. The van der Waals surface area contributed by atoms with Gasteiger partial charge in [0.05, 0.1) is 13.2 Å². The molecular formula is C7H13LiO6. The van der Waals surface area contributed by atoms with E-state index in [4.69, 9.17) is 25.2 Å². The summed E-state index contributed by atoms with van der Waals surface area (Å²) >= 11 is 0. The third-order valence-electron chi connectivity index (χ3n) is 1.21. The molecule has 0 spiro atoms. The Morgan fingerprint density at radius 1 is 1.29 bits per heavy atom. The quantitative estimate of drug-likeness (QED) is 0.392. The molecule has 7 heteroatoms. The van der Waals surface area contributed by atoms with Crippen molar-refractivity contribution in [3.63, 3.8) is 0 Å². The van der Waals surface area contributed by atoms with Gasteiger partial charge >= 0.3 is 24.8 Å². The van der Waals surface area contributed by atoms with Crippen LogP contribution in [-0.4, -0.2) is 40.5 Å². The number of carboxylic acid groups (broad SMARTS) is 2. The molecule has 0 aromatic rings. The van der Waals surface area contributed by atoms with Crippen LogP contribution in [0.4, 0.5) is 0 Å². The van der Waals surface area contributed by atoms with Gasteiger partial charge in [0.1, 0.15) is 5.41 Å². The molecule has 0 aromatic carbocycles. The molecule has 0 radical (unpaired) electrons. The molecule has 0 unspecified atom stereocenters. The summed E-state index contributed by atoms with van der Waals surface area (Å²) in [5.74, 6) is -2.27. The Hall–Kier alpha value is -0.543. The number of hydrogen-bond acceptors (Lipinski definition) is 5. The molecule has 0 amide bonds. The van der Waals surface area contributed by atoms with Crippen molar-refractivity contribution >= 4 is 11.9 Å². The molecule has 0 aliphatic rings. The summed E-state index contributed by atoms with van der Waals surface area (Å²) < 4.78 is 0. The van der Waals surface area contributed by atoms with E-state index in [1.54, 1.807) is 0 Å². The van der Waals surface area contributed by atoms with Gasteiger partial charge in [0.25, 0.3) is 0 Å². The molecule has 0 fully saturated rings. The molecule has 0 aliphatic heterocycles. The minimum absolute atomic E-state index is 0. The van der Waals surface area contributed by atoms with E-state index in [1.807, 2.05) is 0 Å². The number of aliphatic hydroxyl groups excluding tert-OH is 2. The fraction of sp³-hybridized carbons (Fsp3) is 0.714. The number of rotatable bonds is 3. The molecule has 0 atom stereocenters. The SMILES string of the molecule is CC(=O)[O-].CC(CO)(CO)C(=O)O.[Li+]. The van der Waals surface area contributed by atoms with Crippen LogP contribution in [-0.2, 0) is 9.59 Å². The predicted molar refractivity (Wildman–Crippen MR) is 40.6 cm³/mol. The second kappa shape index (κ2) is 9.03. The first-order valence-corrected chi connectivity index (χ1v) is 3.43. The molecule has 78 valence electrons. The Morgan fingerprint density at radius 2 is 1.50 bits per heavy atom. The minimum Gasteiger partial charge on any atom is -0.550 e. The Morgan fingerprint density at radius 3 is 1.50 bits per heavy atom. The number of carboxylic acids is 2. The molecule has 6 nitrogen and oxygen atoms in total. The number of hydrogen-bond donors (Lipinski definition) is 3. The van der Waals surface area contributed by atoms with Crippen LogP contribution in [0.3, 0.4) is 0 Å². The summed E-state index contributed by atoms with van der Waals surface area (Å²) in [7, 11) is 0. The van der Waals surface area contributed by atoms with Gasteiger partial charge in [0.15, 0.2) is 0 Å². The van der Waals surface area contributed by atoms with Gasteiger partial charge < -0.3 is 25.2 Å². The van der Waals surface area contributed by atoms with Crippen LogP contribution in [0.5, 0.6) is 0 Å². The molecule has 14 heavy (non-hydrogen) atoms. The second-order valence-electron chi connectivity index (χ2n) is 2.67. The third kappa shape index (κ3) is 9.54. The number of aliphatic carboxylic acids is 2. The van der Waals surface area contributed by atoms with Gasteiger partial charge in [-0.15, -0.1) is 0 Å². The van der Waals surface area contributed by atoms with Crippen molar-refractivity contribution in [2.24, 2.45) is 5.41 Å². The fourth-order valence-corrected chi connectivity index (χ4v) is 0.185. The number of carbonyl (C=O) groups is 2. The van der Waals surface area contributed by atoms with E-state index >= 15 is 0 Å². The molecule has 0 saturated heterocycles. The molecule has 0 saturated carbocycles. The molecular weight excluding hydrogens is 187 g/mol. The second-order valence-corrected chi connectivity index (χ2v) is 2.67. The average molecular weight is 200 g/mol.